The molecule has 3 nitrogen and oxygen atoms in total. The van der Waals surface area contributed by atoms with Gasteiger partial charge in [0, 0.05) is 24.5 Å². The Labute approximate surface area is 128 Å². The fourth-order valence-electron chi connectivity index (χ4n) is 2.82. The van der Waals surface area contributed by atoms with Crippen molar-refractivity contribution in [1.82, 2.24) is 4.90 Å². The minimum absolute atomic E-state index is 0.0593. The van der Waals surface area contributed by atoms with E-state index in [2.05, 4.69) is 32.0 Å². The first kappa shape index (κ1) is 16.0. The van der Waals surface area contributed by atoms with Gasteiger partial charge in [-0.2, -0.15) is 0 Å². The van der Waals surface area contributed by atoms with Crippen molar-refractivity contribution in [3.05, 3.63) is 34.9 Å². The molecule has 0 aromatic heterocycles. The predicted octanol–water partition coefficient (Wildman–Crippen LogP) is 3.27. The van der Waals surface area contributed by atoms with Crippen LogP contribution in [0.4, 0.5) is 0 Å². The van der Waals surface area contributed by atoms with E-state index in [-0.39, 0.29) is 17.4 Å². The molecule has 2 rings (SSSR count). The smallest absolute Gasteiger partial charge is 0.228 e. The molecular formula is C18H28N2O. The molecule has 0 bridgehead atoms. The second kappa shape index (κ2) is 5.80. The lowest BCUT2D eigenvalue weighted by atomic mass is 9.89. The van der Waals surface area contributed by atoms with Crippen molar-refractivity contribution >= 4 is 5.91 Å². The summed E-state index contributed by atoms with van der Waals surface area (Å²) in [5.74, 6) is 0.644. The summed E-state index contributed by atoms with van der Waals surface area (Å²) >= 11 is 0. The second-order valence-electron chi connectivity index (χ2n) is 7.52. The highest BCUT2D eigenvalue weighted by atomic mass is 16.2. The molecule has 0 radical (unpaired) electrons. The number of hydrogen-bond donors (Lipinski definition) is 1. The minimum Gasteiger partial charge on any atom is -0.338 e. The highest BCUT2D eigenvalue weighted by Gasteiger charge is 2.29. The van der Waals surface area contributed by atoms with Gasteiger partial charge < -0.3 is 10.6 Å². The zero-order chi connectivity index (χ0) is 15.8. The van der Waals surface area contributed by atoms with Crippen LogP contribution in [0.1, 0.15) is 57.4 Å². The third-order valence-electron chi connectivity index (χ3n) is 4.27. The highest BCUT2D eigenvalue weighted by Crippen LogP contribution is 2.28. The highest BCUT2D eigenvalue weighted by molar-refractivity contribution is 5.81. The second-order valence-corrected chi connectivity index (χ2v) is 7.52. The maximum Gasteiger partial charge on any atom is 0.228 e. The Balaban J connectivity index is 2.23. The summed E-state index contributed by atoms with van der Waals surface area (Å²) in [6.45, 7) is 11.8. The molecule has 1 aliphatic heterocycles. The Hall–Kier alpha value is -1.35. The van der Waals surface area contributed by atoms with Gasteiger partial charge in [0.15, 0.2) is 0 Å². The van der Waals surface area contributed by atoms with Crippen molar-refractivity contribution in [2.24, 2.45) is 17.1 Å². The van der Waals surface area contributed by atoms with Crippen LogP contribution in [0.2, 0.25) is 0 Å². The molecule has 1 amide bonds. The van der Waals surface area contributed by atoms with Crippen LogP contribution >= 0.6 is 0 Å². The quantitative estimate of drug-likeness (QED) is 0.908. The number of fused-ring (bicyclic) bond motifs is 1. The van der Waals surface area contributed by atoms with Crippen LogP contribution in [0.5, 0.6) is 0 Å². The molecule has 1 aromatic rings. The molecule has 1 aliphatic rings. The summed E-state index contributed by atoms with van der Waals surface area (Å²) in [7, 11) is 0. The van der Waals surface area contributed by atoms with E-state index in [4.69, 9.17) is 5.73 Å². The van der Waals surface area contributed by atoms with Gasteiger partial charge in [-0.25, -0.2) is 0 Å². The Morgan fingerprint density at radius 1 is 1.24 bits per heavy atom. The fourth-order valence-corrected chi connectivity index (χ4v) is 2.82. The molecule has 21 heavy (non-hydrogen) atoms. The van der Waals surface area contributed by atoms with Gasteiger partial charge in [-0.3, -0.25) is 4.79 Å². The number of carbonyl (C=O) groups excluding carboxylic acids is 1. The van der Waals surface area contributed by atoms with E-state index in [1.165, 1.54) is 16.7 Å². The Kier molecular flexibility index (Phi) is 4.43. The van der Waals surface area contributed by atoms with Gasteiger partial charge in [-0.1, -0.05) is 52.8 Å². The van der Waals surface area contributed by atoms with E-state index in [9.17, 15) is 4.79 Å². The van der Waals surface area contributed by atoms with E-state index >= 15 is 0 Å². The van der Waals surface area contributed by atoms with Crippen LogP contribution in [0, 0.1) is 11.3 Å². The number of amides is 1. The normalized spacial score (nSPS) is 16.8. The first-order valence-corrected chi connectivity index (χ1v) is 7.87. The molecule has 1 unspecified atom stereocenters. The van der Waals surface area contributed by atoms with Gasteiger partial charge >= 0.3 is 0 Å². The van der Waals surface area contributed by atoms with E-state index in [0.29, 0.717) is 12.5 Å². The summed E-state index contributed by atoms with van der Waals surface area (Å²) in [4.78, 5) is 14.4. The number of hydrogen-bond acceptors (Lipinski definition) is 2. The number of benzene rings is 1. The monoisotopic (exact) mass is 288 g/mol. The van der Waals surface area contributed by atoms with Crippen molar-refractivity contribution in [3.8, 4) is 0 Å². The van der Waals surface area contributed by atoms with Gasteiger partial charge in [0.1, 0.15) is 0 Å². The van der Waals surface area contributed by atoms with Gasteiger partial charge in [-0.15, -0.1) is 0 Å². The molecule has 116 valence electrons. The summed E-state index contributed by atoms with van der Waals surface area (Å²) in [6, 6.07) is 6.59. The molecule has 0 spiro atoms. The maximum absolute atomic E-state index is 12.5. The number of rotatable bonds is 2. The van der Waals surface area contributed by atoms with Gasteiger partial charge in [0.05, 0.1) is 0 Å². The van der Waals surface area contributed by atoms with Crippen molar-refractivity contribution in [2.75, 3.05) is 6.54 Å². The first-order chi connectivity index (χ1) is 9.70. The van der Waals surface area contributed by atoms with Crippen molar-refractivity contribution in [1.29, 1.82) is 0 Å². The molecular weight excluding hydrogens is 260 g/mol. The van der Waals surface area contributed by atoms with E-state index in [1.807, 2.05) is 25.7 Å². The Bertz CT molecular complexity index is 529. The summed E-state index contributed by atoms with van der Waals surface area (Å²) < 4.78 is 0. The lowest BCUT2D eigenvalue weighted by Gasteiger charge is -2.34. The van der Waals surface area contributed by atoms with Crippen LogP contribution in [-0.4, -0.2) is 17.4 Å². The number of nitrogens with zero attached hydrogens (tertiary/aromatic N) is 1. The van der Waals surface area contributed by atoms with Gasteiger partial charge in [0.25, 0.3) is 0 Å². The standard InChI is InChI=1S/C18H28N2O/c1-12(2)16(19)14-7-6-13-8-9-20(11-15(13)10-14)17(21)18(3,4)5/h6-7,10,12,16H,8-9,11,19H2,1-5H3. The van der Waals surface area contributed by atoms with Crippen molar-refractivity contribution in [3.63, 3.8) is 0 Å². The zero-order valence-corrected chi connectivity index (χ0v) is 13.9. The molecule has 0 saturated heterocycles. The van der Waals surface area contributed by atoms with Crippen LogP contribution in [0.3, 0.4) is 0 Å². The van der Waals surface area contributed by atoms with Crippen molar-refractivity contribution < 1.29 is 4.79 Å². The first-order valence-electron chi connectivity index (χ1n) is 7.87. The van der Waals surface area contributed by atoms with Crippen LogP contribution in [-0.2, 0) is 17.8 Å². The summed E-state index contributed by atoms with van der Waals surface area (Å²) in [5.41, 5.74) is 9.72. The van der Waals surface area contributed by atoms with Crippen LogP contribution in [0.25, 0.3) is 0 Å². The SMILES string of the molecule is CC(C)C(N)c1ccc2c(c1)CN(C(=O)C(C)(C)C)CC2. The van der Waals surface area contributed by atoms with Gasteiger partial charge in [-0.05, 0) is 29.0 Å². The largest absolute Gasteiger partial charge is 0.338 e. The van der Waals surface area contributed by atoms with E-state index in [1.54, 1.807) is 0 Å². The molecule has 0 fully saturated rings. The zero-order valence-electron chi connectivity index (χ0n) is 13.9. The number of carbonyl (C=O) groups is 1. The summed E-state index contributed by atoms with van der Waals surface area (Å²) in [6.07, 6.45) is 0.939. The minimum atomic E-state index is -0.316. The molecule has 2 N–H and O–H groups in total. The average Bonchev–Trinajstić information content (AvgIpc) is 2.43. The fraction of sp³-hybridized carbons (Fsp3) is 0.611. The third-order valence-corrected chi connectivity index (χ3v) is 4.27. The molecule has 0 saturated carbocycles. The van der Waals surface area contributed by atoms with Crippen LogP contribution < -0.4 is 5.73 Å². The lowest BCUT2D eigenvalue weighted by Crippen LogP contribution is -2.42. The molecule has 1 heterocycles. The maximum atomic E-state index is 12.5. The molecule has 0 aliphatic carbocycles. The Morgan fingerprint density at radius 2 is 1.90 bits per heavy atom. The van der Waals surface area contributed by atoms with Crippen LogP contribution in [0.15, 0.2) is 18.2 Å². The molecule has 1 aromatic carbocycles. The third kappa shape index (κ3) is 3.46. The predicted molar refractivity (Wildman–Crippen MR) is 86.8 cm³/mol. The van der Waals surface area contributed by atoms with Gasteiger partial charge in [0.2, 0.25) is 5.91 Å². The van der Waals surface area contributed by atoms with Crippen molar-refractivity contribution in [2.45, 2.75) is 53.6 Å². The Morgan fingerprint density at radius 3 is 2.48 bits per heavy atom. The number of nitrogens with two attached hydrogens (primary N) is 1. The molecule has 3 heteroatoms. The summed E-state index contributed by atoms with van der Waals surface area (Å²) in [5, 5.41) is 0. The van der Waals surface area contributed by atoms with E-state index in [0.717, 1.165) is 13.0 Å². The van der Waals surface area contributed by atoms with E-state index < -0.39 is 0 Å². The lowest BCUT2D eigenvalue weighted by molar-refractivity contribution is -0.140. The molecule has 1 atom stereocenters. The average molecular weight is 288 g/mol. The topological polar surface area (TPSA) is 46.3 Å².